The molecule has 0 saturated heterocycles. The van der Waals surface area contributed by atoms with E-state index in [0.29, 0.717) is 0 Å². The fourth-order valence-corrected chi connectivity index (χ4v) is 1.47. The predicted octanol–water partition coefficient (Wildman–Crippen LogP) is 6.35. The first-order valence-electron chi connectivity index (χ1n) is 7.28. The lowest BCUT2D eigenvalue weighted by Crippen LogP contribution is -2.06. The summed E-state index contributed by atoms with van der Waals surface area (Å²) < 4.78 is 5.55. The molecular weight excluding hydrogens is 256 g/mol. The second-order valence-corrected chi connectivity index (χ2v) is 7.02. The van der Waals surface area contributed by atoms with Crippen LogP contribution in [0.1, 0.15) is 41.5 Å². The molecule has 0 aliphatic carbocycles. The molecule has 0 aromatic heterocycles. The molecule has 0 N–H and O–H groups in total. The van der Waals surface area contributed by atoms with E-state index in [4.69, 9.17) is 4.74 Å². The minimum atomic E-state index is 0.0820. The Hall–Kier alpha value is -1.76. The standard InChI is InChI=1S/C20H30O/c1-9-17(20(6,7)8)13-12-16-21-18(10-2)14-11-15-19(3,4)5/h9-16H,1-2H2,3-8H3/b15-11+,16-12+,17-13+,18-14+. The molecule has 1 heteroatoms. The van der Waals surface area contributed by atoms with E-state index in [1.807, 2.05) is 30.4 Å². The van der Waals surface area contributed by atoms with Crippen molar-refractivity contribution >= 4 is 0 Å². The summed E-state index contributed by atoms with van der Waals surface area (Å²) in [5.74, 6) is 0.719. The summed E-state index contributed by atoms with van der Waals surface area (Å²) in [6.07, 6.45) is 15.1. The van der Waals surface area contributed by atoms with E-state index in [1.165, 1.54) is 5.57 Å². The second-order valence-electron chi connectivity index (χ2n) is 7.02. The van der Waals surface area contributed by atoms with Gasteiger partial charge < -0.3 is 4.74 Å². The Balaban J connectivity index is 4.74. The summed E-state index contributed by atoms with van der Waals surface area (Å²) in [5, 5.41) is 0. The van der Waals surface area contributed by atoms with Crippen LogP contribution in [0.15, 0.2) is 73.3 Å². The maximum atomic E-state index is 5.55. The lowest BCUT2D eigenvalue weighted by molar-refractivity contribution is 0.368. The normalized spacial score (nSPS) is 14.8. The van der Waals surface area contributed by atoms with E-state index in [2.05, 4.69) is 60.8 Å². The Labute approximate surface area is 131 Å². The summed E-state index contributed by atoms with van der Waals surface area (Å²) >= 11 is 0. The van der Waals surface area contributed by atoms with Crippen LogP contribution < -0.4 is 0 Å². The lowest BCUT2D eigenvalue weighted by atomic mass is 9.86. The average Bonchev–Trinajstić information content (AvgIpc) is 2.33. The van der Waals surface area contributed by atoms with Gasteiger partial charge in [0.15, 0.2) is 0 Å². The zero-order valence-electron chi connectivity index (χ0n) is 14.4. The molecule has 0 atom stereocenters. The van der Waals surface area contributed by atoms with Crippen molar-refractivity contribution < 1.29 is 4.74 Å². The topological polar surface area (TPSA) is 9.23 Å². The molecule has 0 unspecified atom stereocenters. The van der Waals surface area contributed by atoms with Crippen LogP contribution in [0.3, 0.4) is 0 Å². The van der Waals surface area contributed by atoms with Crippen LogP contribution in [-0.2, 0) is 4.74 Å². The molecular formula is C20H30O. The maximum absolute atomic E-state index is 5.55. The van der Waals surface area contributed by atoms with Gasteiger partial charge in [0, 0.05) is 0 Å². The quantitative estimate of drug-likeness (QED) is 0.408. The first-order chi connectivity index (χ1) is 9.60. The molecule has 0 aromatic rings. The van der Waals surface area contributed by atoms with Crippen molar-refractivity contribution in [2.45, 2.75) is 41.5 Å². The molecule has 0 amide bonds. The van der Waals surface area contributed by atoms with Crippen molar-refractivity contribution in [1.29, 1.82) is 0 Å². The second kappa shape index (κ2) is 8.51. The summed E-state index contributed by atoms with van der Waals surface area (Å²) in [7, 11) is 0. The highest BCUT2D eigenvalue weighted by molar-refractivity contribution is 5.27. The predicted molar refractivity (Wildman–Crippen MR) is 94.8 cm³/mol. The number of rotatable bonds is 6. The highest BCUT2D eigenvalue weighted by atomic mass is 16.5. The first-order valence-corrected chi connectivity index (χ1v) is 7.28. The maximum Gasteiger partial charge on any atom is 0.125 e. The van der Waals surface area contributed by atoms with Crippen molar-refractivity contribution in [2.75, 3.05) is 0 Å². The van der Waals surface area contributed by atoms with E-state index in [-0.39, 0.29) is 10.8 Å². The third-order valence-electron chi connectivity index (χ3n) is 2.70. The summed E-state index contributed by atoms with van der Waals surface area (Å²) in [6.45, 7) is 20.5. The monoisotopic (exact) mass is 286 g/mol. The van der Waals surface area contributed by atoms with E-state index >= 15 is 0 Å². The molecule has 0 aliphatic heterocycles. The van der Waals surface area contributed by atoms with Gasteiger partial charge in [-0.15, -0.1) is 0 Å². The lowest BCUT2D eigenvalue weighted by Gasteiger charge is -2.19. The van der Waals surface area contributed by atoms with Crippen molar-refractivity contribution in [1.82, 2.24) is 0 Å². The van der Waals surface area contributed by atoms with Crippen molar-refractivity contribution in [3.05, 3.63) is 73.3 Å². The molecule has 0 radical (unpaired) electrons. The van der Waals surface area contributed by atoms with Gasteiger partial charge in [-0.3, -0.25) is 0 Å². The molecule has 0 heterocycles. The fourth-order valence-electron chi connectivity index (χ4n) is 1.47. The number of ether oxygens (including phenoxy) is 1. The largest absolute Gasteiger partial charge is 0.465 e. The van der Waals surface area contributed by atoms with Gasteiger partial charge in [-0.2, -0.15) is 0 Å². The molecule has 0 aliphatic rings. The molecule has 21 heavy (non-hydrogen) atoms. The molecule has 116 valence electrons. The van der Waals surface area contributed by atoms with Crippen LogP contribution >= 0.6 is 0 Å². The molecule has 0 rings (SSSR count). The van der Waals surface area contributed by atoms with Crippen molar-refractivity contribution in [2.24, 2.45) is 10.8 Å². The fraction of sp³-hybridized carbons (Fsp3) is 0.400. The van der Waals surface area contributed by atoms with Gasteiger partial charge in [0.25, 0.3) is 0 Å². The number of hydrogen-bond donors (Lipinski definition) is 0. The Bertz CT molecular complexity index is 457. The van der Waals surface area contributed by atoms with Gasteiger partial charge in [-0.25, -0.2) is 0 Å². The van der Waals surface area contributed by atoms with Crippen LogP contribution in [0, 0.1) is 10.8 Å². The van der Waals surface area contributed by atoms with Gasteiger partial charge in [0.05, 0.1) is 6.26 Å². The highest BCUT2D eigenvalue weighted by Gasteiger charge is 2.12. The molecule has 0 fully saturated rings. The van der Waals surface area contributed by atoms with E-state index in [1.54, 1.807) is 12.3 Å². The van der Waals surface area contributed by atoms with Crippen molar-refractivity contribution in [3.63, 3.8) is 0 Å². The third-order valence-corrected chi connectivity index (χ3v) is 2.70. The SMILES string of the molecule is C=C/C(=C\C=C\C(C)(C)C)O/C=C/C=C(\C=C)C(C)(C)C. The zero-order valence-corrected chi connectivity index (χ0v) is 14.4. The minimum Gasteiger partial charge on any atom is -0.465 e. The van der Waals surface area contributed by atoms with Crippen LogP contribution in [-0.4, -0.2) is 0 Å². The van der Waals surface area contributed by atoms with Crippen molar-refractivity contribution in [3.8, 4) is 0 Å². The number of hydrogen-bond acceptors (Lipinski definition) is 1. The summed E-state index contributed by atoms with van der Waals surface area (Å²) in [5.41, 5.74) is 1.41. The highest BCUT2D eigenvalue weighted by Crippen LogP contribution is 2.25. The number of allylic oxidation sites excluding steroid dienone is 8. The minimum absolute atomic E-state index is 0.0820. The Kier molecular flexibility index (Phi) is 7.80. The van der Waals surface area contributed by atoms with Crippen LogP contribution in [0.4, 0.5) is 0 Å². The molecule has 0 bridgehead atoms. The smallest absolute Gasteiger partial charge is 0.125 e. The van der Waals surface area contributed by atoms with E-state index in [0.717, 1.165) is 5.76 Å². The molecule has 0 saturated carbocycles. The Morgan fingerprint density at radius 3 is 1.90 bits per heavy atom. The van der Waals surface area contributed by atoms with E-state index < -0.39 is 0 Å². The van der Waals surface area contributed by atoms with Gasteiger partial charge in [0.2, 0.25) is 0 Å². The summed E-state index contributed by atoms with van der Waals surface area (Å²) in [4.78, 5) is 0. The third kappa shape index (κ3) is 9.73. The zero-order chi connectivity index (χ0) is 16.5. The van der Waals surface area contributed by atoms with Crippen LogP contribution in [0.2, 0.25) is 0 Å². The van der Waals surface area contributed by atoms with Crippen LogP contribution in [0.5, 0.6) is 0 Å². The summed E-state index contributed by atoms with van der Waals surface area (Å²) in [6, 6.07) is 0. The van der Waals surface area contributed by atoms with E-state index in [9.17, 15) is 0 Å². The Morgan fingerprint density at radius 2 is 1.48 bits per heavy atom. The molecule has 0 aromatic carbocycles. The van der Waals surface area contributed by atoms with Gasteiger partial charge >= 0.3 is 0 Å². The van der Waals surface area contributed by atoms with Gasteiger partial charge in [0.1, 0.15) is 5.76 Å². The molecule has 0 spiro atoms. The first kappa shape index (κ1) is 19.2. The van der Waals surface area contributed by atoms with Gasteiger partial charge in [-0.1, -0.05) is 79.0 Å². The Morgan fingerprint density at radius 1 is 0.857 bits per heavy atom. The van der Waals surface area contributed by atoms with Gasteiger partial charge in [-0.05, 0) is 34.6 Å². The molecule has 1 nitrogen and oxygen atoms in total. The van der Waals surface area contributed by atoms with Crippen LogP contribution in [0.25, 0.3) is 0 Å². The average molecular weight is 286 g/mol.